The van der Waals surface area contributed by atoms with E-state index in [1.54, 1.807) is 18.2 Å². The summed E-state index contributed by atoms with van der Waals surface area (Å²) in [5.41, 5.74) is 2.15. The Hall–Kier alpha value is -1.83. The molecular weight excluding hydrogens is 292 g/mol. The first kappa shape index (κ1) is 13.2. The Balaban J connectivity index is 1.85. The highest BCUT2D eigenvalue weighted by Gasteiger charge is 2.19. The van der Waals surface area contributed by atoms with Gasteiger partial charge >= 0.3 is 0 Å². The van der Waals surface area contributed by atoms with Gasteiger partial charge in [0.1, 0.15) is 6.07 Å². The number of hydrogen-bond acceptors (Lipinski definition) is 3. The van der Waals surface area contributed by atoms with Crippen LogP contribution in [-0.2, 0) is 12.8 Å². The van der Waals surface area contributed by atoms with E-state index in [-0.39, 0.29) is 5.91 Å². The predicted octanol–water partition coefficient (Wildman–Crippen LogP) is 4.01. The molecule has 0 bridgehead atoms. The molecule has 0 aliphatic heterocycles. The zero-order valence-corrected chi connectivity index (χ0v) is 12.1. The summed E-state index contributed by atoms with van der Waals surface area (Å²) in [6.07, 6.45) is 3.30. The van der Waals surface area contributed by atoms with Crippen LogP contribution in [0.25, 0.3) is 0 Å². The third-order valence-electron chi connectivity index (χ3n) is 3.32. The van der Waals surface area contributed by atoms with E-state index in [0.717, 1.165) is 12.8 Å². The highest BCUT2D eigenvalue weighted by atomic mass is 35.5. The lowest BCUT2D eigenvalue weighted by Crippen LogP contribution is -2.11. The normalized spacial score (nSPS) is 12.8. The van der Waals surface area contributed by atoms with Gasteiger partial charge in [0.25, 0.3) is 5.91 Å². The molecular formula is C15H11ClN2OS. The second kappa shape index (κ2) is 5.28. The van der Waals surface area contributed by atoms with Gasteiger partial charge in [-0.25, -0.2) is 0 Å². The van der Waals surface area contributed by atoms with Crippen molar-refractivity contribution in [1.29, 1.82) is 5.26 Å². The monoisotopic (exact) mass is 302 g/mol. The number of hydrogen-bond donors (Lipinski definition) is 1. The van der Waals surface area contributed by atoms with Crippen LogP contribution < -0.4 is 5.32 Å². The number of aryl methyl sites for hydroxylation is 2. The van der Waals surface area contributed by atoms with Crippen molar-refractivity contribution in [2.24, 2.45) is 0 Å². The van der Waals surface area contributed by atoms with Crippen molar-refractivity contribution in [3.8, 4) is 6.07 Å². The van der Waals surface area contributed by atoms with E-state index in [4.69, 9.17) is 16.9 Å². The third kappa shape index (κ3) is 2.43. The zero-order valence-electron chi connectivity index (χ0n) is 10.6. The number of thiophene rings is 1. The van der Waals surface area contributed by atoms with Crippen molar-refractivity contribution in [1.82, 2.24) is 0 Å². The zero-order chi connectivity index (χ0) is 14.1. The third-order valence-corrected chi connectivity index (χ3v) is 4.79. The topological polar surface area (TPSA) is 52.9 Å². The van der Waals surface area contributed by atoms with Crippen LogP contribution in [0.4, 0.5) is 5.69 Å². The van der Waals surface area contributed by atoms with Crippen LogP contribution in [-0.4, -0.2) is 5.91 Å². The number of carbonyl (C=O) groups is 1. The molecule has 0 saturated carbocycles. The average molecular weight is 303 g/mol. The molecule has 3 rings (SSSR count). The Morgan fingerprint density at radius 3 is 2.95 bits per heavy atom. The predicted molar refractivity (Wildman–Crippen MR) is 80.5 cm³/mol. The molecule has 1 N–H and O–H groups in total. The Kier molecular flexibility index (Phi) is 3.47. The summed E-state index contributed by atoms with van der Waals surface area (Å²) >= 11 is 7.45. The van der Waals surface area contributed by atoms with E-state index in [2.05, 4.69) is 5.32 Å². The van der Waals surface area contributed by atoms with Crippen molar-refractivity contribution in [3.05, 3.63) is 50.2 Å². The largest absolute Gasteiger partial charge is 0.320 e. The molecule has 0 spiro atoms. The Bertz CT molecular complexity index is 708. The molecule has 1 aliphatic rings. The highest BCUT2D eigenvalue weighted by Crippen LogP contribution is 2.31. The van der Waals surface area contributed by atoms with E-state index in [1.807, 2.05) is 12.1 Å². The minimum absolute atomic E-state index is 0.178. The van der Waals surface area contributed by atoms with E-state index in [9.17, 15) is 4.79 Å². The second-order valence-corrected chi connectivity index (χ2v) is 6.24. The molecule has 2 aromatic rings. The summed E-state index contributed by atoms with van der Waals surface area (Å²) in [5, 5.41) is 12.3. The number of nitrogens with one attached hydrogen (secondary N) is 1. The number of anilines is 1. The van der Waals surface area contributed by atoms with Crippen molar-refractivity contribution >= 4 is 34.5 Å². The van der Waals surface area contributed by atoms with Crippen LogP contribution in [0.1, 0.15) is 32.1 Å². The minimum Gasteiger partial charge on any atom is -0.320 e. The van der Waals surface area contributed by atoms with Gasteiger partial charge in [0.2, 0.25) is 0 Å². The first-order valence-electron chi connectivity index (χ1n) is 6.30. The van der Waals surface area contributed by atoms with Crippen molar-refractivity contribution < 1.29 is 4.79 Å². The summed E-state index contributed by atoms with van der Waals surface area (Å²) in [7, 11) is 0. The molecule has 0 saturated heterocycles. The van der Waals surface area contributed by atoms with Gasteiger partial charge in [-0.15, -0.1) is 11.3 Å². The van der Waals surface area contributed by atoms with E-state index >= 15 is 0 Å². The first-order valence-corrected chi connectivity index (χ1v) is 7.49. The van der Waals surface area contributed by atoms with Crippen molar-refractivity contribution in [3.63, 3.8) is 0 Å². The Labute approximate surface area is 125 Å². The molecule has 5 heteroatoms. The molecule has 0 atom stereocenters. The minimum atomic E-state index is -0.178. The number of nitrogens with zero attached hydrogens (tertiary/aromatic N) is 1. The standard InChI is InChI=1S/C15H11ClN2OS/c16-11-5-4-10(8-17)12(7-11)18-15(19)14-6-9-2-1-3-13(9)20-14/h4-7H,1-3H2,(H,18,19). The van der Waals surface area contributed by atoms with Gasteiger partial charge in [-0.3, -0.25) is 4.79 Å². The summed E-state index contributed by atoms with van der Waals surface area (Å²) in [5.74, 6) is -0.178. The fourth-order valence-corrected chi connectivity index (χ4v) is 3.66. The van der Waals surface area contributed by atoms with Crippen molar-refractivity contribution in [2.75, 3.05) is 5.32 Å². The molecule has 1 heterocycles. The molecule has 1 aliphatic carbocycles. The quantitative estimate of drug-likeness (QED) is 0.911. The van der Waals surface area contributed by atoms with Crippen LogP contribution in [0.3, 0.4) is 0 Å². The maximum atomic E-state index is 12.2. The number of benzene rings is 1. The number of nitriles is 1. The number of rotatable bonds is 2. The summed E-state index contributed by atoms with van der Waals surface area (Å²) in [6, 6.07) is 8.84. The molecule has 1 amide bonds. The maximum Gasteiger partial charge on any atom is 0.265 e. The lowest BCUT2D eigenvalue weighted by atomic mass is 10.2. The molecule has 0 unspecified atom stereocenters. The van der Waals surface area contributed by atoms with Crippen molar-refractivity contribution in [2.45, 2.75) is 19.3 Å². The number of halogens is 1. The van der Waals surface area contributed by atoms with Crippen LogP contribution in [0, 0.1) is 11.3 Å². The van der Waals surface area contributed by atoms with Crippen LogP contribution in [0.15, 0.2) is 24.3 Å². The summed E-state index contributed by atoms with van der Waals surface area (Å²) in [4.78, 5) is 14.2. The van der Waals surface area contributed by atoms with Gasteiger partial charge in [-0.2, -0.15) is 5.26 Å². The molecule has 0 fully saturated rings. The fraction of sp³-hybridized carbons (Fsp3) is 0.200. The van der Waals surface area contributed by atoms with Gasteiger partial charge in [0, 0.05) is 9.90 Å². The first-order chi connectivity index (χ1) is 9.67. The molecule has 20 heavy (non-hydrogen) atoms. The lowest BCUT2D eigenvalue weighted by molar-refractivity contribution is 0.103. The van der Waals surface area contributed by atoms with Crippen LogP contribution in [0.5, 0.6) is 0 Å². The number of fused-ring (bicyclic) bond motifs is 1. The van der Waals surface area contributed by atoms with Gasteiger partial charge in [0.15, 0.2) is 0 Å². The number of amides is 1. The molecule has 3 nitrogen and oxygen atoms in total. The lowest BCUT2D eigenvalue weighted by Gasteiger charge is -2.06. The van der Waals surface area contributed by atoms with Gasteiger partial charge in [-0.05, 0) is 49.1 Å². The van der Waals surface area contributed by atoms with Gasteiger partial charge in [-0.1, -0.05) is 11.6 Å². The Morgan fingerprint density at radius 1 is 1.35 bits per heavy atom. The molecule has 1 aromatic heterocycles. The smallest absolute Gasteiger partial charge is 0.265 e. The highest BCUT2D eigenvalue weighted by molar-refractivity contribution is 7.14. The van der Waals surface area contributed by atoms with Gasteiger partial charge < -0.3 is 5.32 Å². The summed E-state index contributed by atoms with van der Waals surface area (Å²) in [6.45, 7) is 0. The van der Waals surface area contributed by atoms with Crippen LogP contribution >= 0.6 is 22.9 Å². The second-order valence-electron chi connectivity index (χ2n) is 4.67. The van der Waals surface area contributed by atoms with Gasteiger partial charge in [0.05, 0.1) is 16.1 Å². The Morgan fingerprint density at radius 2 is 2.20 bits per heavy atom. The van der Waals surface area contributed by atoms with Crippen LogP contribution in [0.2, 0.25) is 5.02 Å². The van der Waals surface area contributed by atoms with E-state index in [0.29, 0.717) is 21.2 Å². The summed E-state index contributed by atoms with van der Waals surface area (Å²) < 4.78 is 0. The molecule has 100 valence electrons. The molecule has 1 aromatic carbocycles. The average Bonchev–Trinajstić information content (AvgIpc) is 2.99. The van der Waals surface area contributed by atoms with E-state index < -0.39 is 0 Å². The SMILES string of the molecule is N#Cc1ccc(Cl)cc1NC(=O)c1cc2c(s1)CCC2. The van der Waals surface area contributed by atoms with E-state index in [1.165, 1.54) is 28.2 Å². The number of carbonyl (C=O) groups excluding carboxylic acids is 1. The molecule has 0 radical (unpaired) electrons. The maximum absolute atomic E-state index is 12.2. The fourth-order valence-electron chi connectivity index (χ4n) is 2.34.